The Balaban J connectivity index is 1.36. The average Bonchev–Trinajstić information content (AvgIpc) is 3.25. The van der Waals surface area contributed by atoms with Gasteiger partial charge in [-0.1, -0.05) is 29.6 Å². The molecule has 1 saturated heterocycles. The maximum absolute atomic E-state index is 12.7. The smallest absolute Gasteiger partial charge is 0.320 e. The summed E-state index contributed by atoms with van der Waals surface area (Å²) in [6, 6.07) is 7.69. The number of rotatable bonds is 5. The topological polar surface area (TPSA) is 79.2 Å². The molecule has 1 fully saturated rings. The van der Waals surface area contributed by atoms with Crippen LogP contribution >= 0.6 is 23.5 Å². The summed E-state index contributed by atoms with van der Waals surface area (Å²) in [6.07, 6.45) is 8.62. The number of hydrogen-bond donors (Lipinski definition) is 1. The molecule has 0 saturated carbocycles. The fourth-order valence-corrected chi connectivity index (χ4v) is 3.93. The van der Waals surface area contributed by atoms with Crippen molar-refractivity contribution in [1.29, 1.82) is 0 Å². The summed E-state index contributed by atoms with van der Waals surface area (Å²) in [5, 5.41) is 4.92. The van der Waals surface area contributed by atoms with E-state index in [1.807, 2.05) is 23.3 Å². The number of halogens is 1. The van der Waals surface area contributed by atoms with Crippen molar-refractivity contribution in [2.75, 3.05) is 37.2 Å². The zero-order valence-corrected chi connectivity index (χ0v) is 18.1. The molecular formula is C20H22ClN7OS. The maximum Gasteiger partial charge on any atom is 0.344 e. The minimum Gasteiger partial charge on any atom is -0.320 e. The van der Waals surface area contributed by atoms with Crippen LogP contribution in [0.15, 0.2) is 49.1 Å². The van der Waals surface area contributed by atoms with E-state index in [-0.39, 0.29) is 6.03 Å². The Kier molecular flexibility index (Phi) is 6.51. The zero-order chi connectivity index (χ0) is 20.9. The van der Waals surface area contributed by atoms with Gasteiger partial charge in [-0.05, 0) is 17.7 Å². The van der Waals surface area contributed by atoms with E-state index in [0.717, 1.165) is 36.5 Å². The van der Waals surface area contributed by atoms with E-state index in [4.69, 9.17) is 11.6 Å². The number of amides is 1. The maximum atomic E-state index is 12.7. The first-order valence-electron chi connectivity index (χ1n) is 9.55. The Morgan fingerprint density at radius 1 is 1.20 bits per heavy atom. The Labute approximate surface area is 184 Å². The van der Waals surface area contributed by atoms with Gasteiger partial charge >= 0.3 is 6.03 Å². The van der Waals surface area contributed by atoms with E-state index in [0.29, 0.717) is 23.9 Å². The number of anilines is 1. The molecule has 156 valence electrons. The molecule has 1 aliphatic rings. The van der Waals surface area contributed by atoms with Gasteiger partial charge in [0.2, 0.25) is 0 Å². The second-order valence-electron chi connectivity index (χ2n) is 6.90. The van der Waals surface area contributed by atoms with E-state index in [1.165, 1.54) is 16.6 Å². The van der Waals surface area contributed by atoms with Gasteiger partial charge in [-0.15, -0.1) is 5.10 Å². The minimum atomic E-state index is -0.0970. The molecular weight excluding hydrogens is 422 g/mol. The van der Waals surface area contributed by atoms with Crippen LogP contribution in [-0.4, -0.2) is 68.0 Å². The number of aromatic nitrogens is 4. The highest BCUT2D eigenvalue weighted by Crippen LogP contribution is 2.27. The average molecular weight is 444 g/mol. The van der Waals surface area contributed by atoms with Crippen LogP contribution in [0, 0.1) is 0 Å². The van der Waals surface area contributed by atoms with E-state index >= 15 is 0 Å². The third-order valence-corrected chi connectivity index (χ3v) is 5.65. The van der Waals surface area contributed by atoms with Crippen LogP contribution < -0.4 is 4.72 Å². The summed E-state index contributed by atoms with van der Waals surface area (Å²) < 4.78 is 4.42. The van der Waals surface area contributed by atoms with E-state index < -0.39 is 0 Å². The molecule has 3 heterocycles. The molecule has 4 rings (SSSR count). The third-order valence-electron chi connectivity index (χ3n) is 4.91. The van der Waals surface area contributed by atoms with Crippen molar-refractivity contribution in [1.82, 2.24) is 29.5 Å². The highest BCUT2D eigenvalue weighted by atomic mass is 35.5. The van der Waals surface area contributed by atoms with Gasteiger partial charge in [0.05, 0.1) is 16.9 Å². The lowest BCUT2D eigenvalue weighted by molar-refractivity contribution is 0.134. The zero-order valence-electron chi connectivity index (χ0n) is 16.5. The van der Waals surface area contributed by atoms with E-state index in [2.05, 4.69) is 30.8 Å². The lowest BCUT2D eigenvalue weighted by Crippen LogP contribution is -2.49. The summed E-state index contributed by atoms with van der Waals surface area (Å²) in [5.74, 6) is 0.677. The molecule has 0 bridgehead atoms. The van der Waals surface area contributed by atoms with Crippen LogP contribution in [0.5, 0.6) is 0 Å². The molecule has 3 aromatic rings. The van der Waals surface area contributed by atoms with Crippen molar-refractivity contribution in [2.24, 2.45) is 0 Å². The lowest BCUT2D eigenvalue weighted by atomic mass is 10.1. The fourth-order valence-electron chi connectivity index (χ4n) is 3.40. The van der Waals surface area contributed by atoms with Gasteiger partial charge in [-0.2, -0.15) is 4.68 Å². The Hall–Kier alpha value is -2.62. The molecule has 0 atom stereocenters. The predicted octanol–water partition coefficient (Wildman–Crippen LogP) is 3.47. The Bertz CT molecular complexity index is 1010. The molecule has 30 heavy (non-hydrogen) atoms. The van der Waals surface area contributed by atoms with Crippen LogP contribution in [0.2, 0.25) is 5.02 Å². The molecule has 0 radical (unpaired) electrons. The highest BCUT2D eigenvalue weighted by molar-refractivity contribution is 7.99. The summed E-state index contributed by atoms with van der Waals surface area (Å²) in [6.45, 7) is 3.71. The monoisotopic (exact) mass is 443 g/mol. The molecule has 0 aliphatic carbocycles. The van der Waals surface area contributed by atoms with Gasteiger partial charge in [0.15, 0.2) is 5.82 Å². The Morgan fingerprint density at radius 2 is 2.03 bits per heavy atom. The third kappa shape index (κ3) is 4.75. The van der Waals surface area contributed by atoms with Crippen molar-refractivity contribution in [2.45, 2.75) is 6.54 Å². The second-order valence-corrected chi connectivity index (χ2v) is 7.92. The van der Waals surface area contributed by atoms with Crippen molar-refractivity contribution in [3.63, 3.8) is 0 Å². The van der Waals surface area contributed by atoms with Crippen molar-refractivity contribution < 1.29 is 4.79 Å². The second kappa shape index (κ2) is 9.46. The fraction of sp³-hybridized carbons (Fsp3) is 0.300. The minimum absolute atomic E-state index is 0.0970. The van der Waals surface area contributed by atoms with Gasteiger partial charge < -0.3 is 9.62 Å². The van der Waals surface area contributed by atoms with Crippen LogP contribution in [0.1, 0.15) is 5.56 Å². The van der Waals surface area contributed by atoms with Crippen molar-refractivity contribution >= 4 is 35.4 Å². The Morgan fingerprint density at radius 3 is 2.77 bits per heavy atom. The molecule has 1 aromatic carbocycles. The number of benzene rings is 1. The van der Waals surface area contributed by atoms with Crippen molar-refractivity contribution in [3.8, 4) is 11.3 Å². The number of nitrogens with zero attached hydrogens (tertiary/aromatic N) is 6. The number of carbonyl (C=O) groups is 1. The quantitative estimate of drug-likeness (QED) is 0.605. The van der Waals surface area contributed by atoms with Crippen molar-refractivity contribution in [3.05, 3.63) is 59.6 Å². The van der Waals surface area contributed by atoms with Gasteiger partial charge in [0, 0.05) is 69.2 Å². The van der Waals surface area contributed by atoms with Gasteiger partial charge in [-0.25, -0.2) is 4.79 Å². The number of hydrogen-bond acceptors (Lipinski definition) is 7. The summed E-state index contributed by atoms with van der Waals surface area (Å²) in [4.78, 5) is 25.3. The molecule has 0 spiro atoms. The molecule has 8 nitrogen and oxygen atoms in total. The first-order chi connectivity index (χ1) is 14.6. The first kappa shape index (κ1) is 20.6. The molecule has 1 aliphatic heterocycles. The normalized spacial score (nSPS) is 14.7. The number of piperazine rings is 1. The van der Waals surface area contributed by atoms with Crippen LogP contribution in [0.4, 0.5) is 10.6 Å². The molecule has 0 unspecified atom stereocenters. The van der Waals surface area contributed by atoms with Gasteiger partial charge in [0.1, 0.15) is 0 Å². The lowest BCUT2D eigenvalue weighted by Gasteiger charge is -2.34. The first-order valence-corrected chi connectivity index (χ1v) is 11.2. The molecule has 1 N–H and O–H groups in total. The highest BCUT2D eigenvalue weighted by Gasteiger charge is 2.23. The van der Waals surface area contributed by atoms with E-state index in [1.54, 1.807) is 30.9 Å². The summed E-state index contributed by atoms with van der Waals surface area (Å²) in [7, 11) is 0. The standard InChI is InChI=1S/C20H22ClN7OS/c1-30-25-19-4-7-28(24-19)20(29)27-10-8-26(9-11-27)14-15-2-3-17(21)16(12-15)18-13-22-5-6-23-18/h2-7,12-13H,8-11,14H2,1H3,(H,24,25). The van der Waals surface area contributed by atoms with Gasteiger partial charge in [-0.3, -0.25) is 14.9 Å². The molecule has 1 amide bonds. The molecule has 2 aromatic heterocycles. The van der Waals surface area contributed by atoms with E-state index in [9.17, 15) is 4.79 Å². The number of carbonyl (C=O) groups excluding carboxylic acids is 1. The number of nitrogens with one attached hydrogen (secondary N) is 1. The largest absolute Gasteiger partial charge is 0.344 e. The van der Waals surface area contributed by atoms with Crippen LogP contribution in [0.3, 0.4) is 0 Å². The predicted molar refractivity (Wildman–Crippen MR) is 119 cm³/mol. The van der Waals surface area contributed by atoms with Gasteiger partial charge in [0.25, 0.3) is 0 Å². The van der Waals surface area contributed by atoms with Crippen LogP contribution in [-0.2, 0) is 6.54 Å². The molecule has 10 heteroatoms. The SMILES string of the molecule is CSNc1ccn(C(=O)N2CCN(Cc3ccc(Cl)c(-c4cnccn4)c3)CC2)n1. The van der Waals surface area contributed by atoms with Crippen LogP contribution in [0.25, 0.3) is 11.3 Å². The summed E-state index contributed by atoms with van der Waals surface area (Å²) >= 11 is 7.81. The summed E-state index contributed by atoms with van der Waals surface area (Å²) in [5.41, 5.74) is 2.79.